The van der Waals surface area contributed by atoms with Gasteiger partial charge in [0.25, 0.3) is 17.7 Å². The third-order valence-electron chi connectivity index (χ3n) is 5.29. The third kappa shape index (κ3) is 5.44. The number of thiophene rings is 1. The zero-order chi connectivity index (χ0) is 25.8. The van der Waals surface area contributed by atoms with Crippen molar-refractivity contribution in [2.24, 2.45) is 5.73 Å². The number of nitrogens with one attached hydrogen (secondary N) is 1. The molecule has 0 saturated carbocycles. The van der Waals surface area contributed by atoms with Crippen molar-refractivity contribution in [3.05, 3.63) is 92.3 Å². The molecule has 4 aromatic rings. The number of aromatic nitrogens is 1. The summed E-state index contributed by atoms with van der Waals surface area (Å²) in [5.41, 5.74) is 11.7. The lowest BCUT2D eigenvalue weighted by molar-refractivity contribution is -0.126. The maximum absolute atomic E-state index is 13.8. The second kappa shape index (κ2) is 10.7. The van der Waals surface area contributed by atoms with Gasteiger partial charge in [0.1, 0.15) is 22.2 Å². The van der Waals surface area contributed by atoms with Crippen molar-refractivity contribution in [2.45, 2.75) is 26.1 Å². The van der Waals surface area contributed by atoms with Crippen LogP contribution in [0.4, 0.5) is 10.1 Å². The highest BCUT2D eigenvalue weighted by Crippen LogP contribution is 2.31. The van der Waals surface area contributed by atoms with Crippen LogP contribution in [-0.4, -0.2) is 27.0 Å². The number of nitrogens with two attached hydrogens (primary N) is 2. The lowest BCUT2D eigenvalue weighted by atomic mass is 10.1. The first-order valence-corrected chi connectivity index (χ1v) is 12.4. The predicted molar refractivity (Wildman–Crippen MR) is 134 cm³/mol. The minimum atomic E-state index is -1.17. The van der Waals surface area contributed by atoms with Crippen LogP contribution >= 0.6 is 22.9 Å². The molecule has 9 nitrogen and oxygen atoms in total. The highest BCUT2D eigenvalue weighted by atomic mass is 32.1. The van der Waals surface area contributed by atoms with Crippen LogP contribution in [0.3, 0.4) is 0 Å². The van der Waals surface area contributed by atoms with E-state index in [-0.39, 0.29) is 40.9 Å². The fourth-order valence-electron chi connectivity index (χ4n) is 3.52. The Morgan fingerprint density at radius 1 is 1.17 bits per heavy atom. The fourth-order valence-corrected chi connectivity index (χ4v) is 4.99. The van der Waals surface area contributed by atoms with E-state index in [2.05, 4.69) is 9.69 Å². The number of carbonyl (C=O) groups is 3. The summed E-state index contributed by atoms with van der Waals surface area (Å²) in [6, 6.07) is 11.5. The number of benzene rings is 1. The molecule has 1 aromatic carbocycles. The second-order valence-corrected chi connectivity index (χ2v) is 9.65. The van der Waals surface area contributed by atoms with E-state index in [1.807, 2.05) is 17.5 Å². The SMILES string of the molecule is Cc1ccc([C@@H](C(=O)NCc2ccc(F)cc2)N(Cc2cccs2)C(=O)c2snc(C(N)=O)c2N)o1. The summed E-state index contributed by atoms with van der Waals surface area (Å²) >= 11 is 2.14. The number of rotatable bonds is 9. The van der Waals surface area contributed by atoms with Crippen LogP contribution in [0.5, 0.6) is 0 Å². The van der Waals surface area contributed by atoms with E-state index in [0.717, 1.165) is 16.4 Å². The molecule has 0 radical (unpaired) electrons. The van der Waals surface area contributed by atoms with Gasteiger partial charge < -0.3 is 26.1 Å². The number of amides is 3. The lowest BCUT2D eigenvalue weighted by Gasteiger charge is -2.29. The highest BCUT2D eigenvalue weighted by molar-refractivity contribution is 7.10. The Morgan fingerprint density at radius 3 is 2.50 bits per heavy atom. The zero-order valence-electron chi connectivity index (χ0n) is 19.1. The van der Waals surface area contributed by atoms with Gasteiger partial charge in [-0.3, -0.25) is 14.4 Å². The van der Waals surface area contributed by atoms with Gasteiger partial charge in [-0.25, -0.2) is 4.39 Å². The van der Waals surface area contributed by atoms with Crippen molar-refractivity contribution in [1.82, 2.24) is 14.6 Å². The molecule has 0 fully saturated rings. The van der Waals surface area contributed by atoms with Gasteiger partial charge in [-0.15, -0.1) is 11.3 Å². The van der Waals surface area contributed by atoms with Gasteiger partial charge in [-0.05, 0) is 59.7 Å². The largest absolute Gasteiger partial charge is 0.464 e. The first kappa shape index (κ1) is 25.1. The maximum atomic E-state index is 13.8. The molecule has 0 saturated heterocycles. The molecular formula is C24H22FN5O4S2. The molecule has 3 heterocycles. The number of furan rings is 1. The van der Waals surface area contributed by atoms with Gasteiger partial charge in [0.15, 0.2) is 11.7 Å². The monoisotopic (exact) mass is 527 g/mol. The maximum Gasteiger partial charge on any atom is 0.270 e. The van der Waals surface area contributed by atoms with Crippen LogP contribution in [0.15, 0.2) is 58.3 Å². The van der Waals surface area contributed by atoms with E-state index in [1.54, 1.807) is 31.2 Å². The Morgan fingerprint density at radius 2 is 1.92 bits per heavy atom. The Balaban J connectivity index is 1.71. The van der Waals surface area contributed by atoms with E-state index in [4.69, 9.17) is 15.9 Å². The summed E-state index contributed by atoms with van der Waals surface area (Å²) < 4.78 is 23.0. The molecular weight excluding hydrogens is 505 g/mol. The number of primary amides is 1. The number of nitrogens with zero attached hydrogens (tertiary/aromatic N) is 2. The first-order chi connectivity index (χ1) is 17.2. The quantitative estimate of drug-likeness (QED) is 0.303. The number of halogens is 1. The van der Waals surface area contributed by atoms with E-state index in [1.165, 1.54) is 28.4 Å². The minimum Gasteiger partial charge on any atom is -0.464 e. The van der Waals surface area contributed by atoms with E-state index < -0.39 is 23.8 Å². The third-order valence-corrected chi connectivity index (χ3v) is 7.01. The summed E-state index contributed by atoms with van der Waals surface area (Å²) in [6.07, 6.45) is 0. The molecule has 186 valence electrons. The van der Waals surface area contributed by atoms with Gasteiger partial charge in [0.05, 0.1) is 12.2 Å². The Hall–Kier alpha value is -4.03. The van der Waals surface area contributed by atoms with Gasteiger partial charge in [-0.2, -0.15) is 4.37 Å². The summed E-state index contributed by atoms with van der Waals surface area (Å²) in [5, 5.41) is 4.65. The number of hydrogen-bond acceptors (Lipinski definition) is 8. The van der Waals surface area contributed by atoms with Crippen molar-refractivity contribution in [2.75, 3.05) is 5.73 Å². The van der Waals surface area contributed by atoms with Crippen molar-refractivity contribution < 1.29 is 23.2 Å². The molecule has 36 heavy (non-hydrogen) atoms. The van der Waals surface area contributed by atoms with E-state index in [0.29, 0.717) is 11.3 Å². The number of nitrogen functional groups attached to an aromatic ring is 1. The molecule has 0 unspecified atom stereocenters. The van der Waals surface area contributed by atoms with Gasteiger partial charge in [0.2, 0.25) is 0 Å². The Kier molecular flexibility index (Phi) is 7.46. The van der Waals surface area contributed by atoms with Gasteiger partial charge >= 0.3 is 0 Å². The summed E-state index contributed by atoms with van der Waals surface area (Å²) in [5.74, 6) is -1.58. The molecule has 0 aliphatic rings. The van der Waals surface area contributed by atoms with Gasteiger partial charge in [-0.1, -0.05) is 18.2 Å². The standard InChI is InChI=1S/C24H22FN5O4S2/c1-13-4-9-17(34-13)20(23(32)28-11-14-5-7-15(25)8-6-14)30(12-16-3-2-10-35-16)24(33)21-18(26)19(22(27)31)29-36-21/h2-10,20H,11-12,26H2,1H3,(H2,27,31)(H,28,32)/t20-/m0/s1. The second-order valence-electron chi connectivity index (χ2n) is 7.85. The number of carbonyl (C=O) groups excluding carboxylic acids is 3. The molecule has 0 bridgehead atoms. The fraction of sp³-hybridized carbons (Fsp3) is 0.167. The highest BCUT2D eigenvalue weighted by Gasteiger charge is 2.37. The van der Waals surface area contributed by atoms with Crippen LogP contribution in [0.2, 0.25) is 0 Å². The van der Waals surface area contributed by atoms with E-state index >= 15 is 0 Å². The molecule has 5 N–H and O–H groups in total. The minimum absolute atomic E-state index is 0.0139. The number of hydrogen-bond donors (Lipinski definition) is 3. The molecule has 12 heteroatoms. The van der Waals surface area contributed by atoms with Crippen molar-refractivity contribution >= 4 is 46.3 Å². The number of aryl methyl sites for hydroxylation is 1. The van der Waals surface area contributed by atoms with Crippen LogP contribution in [-0.2, 0) is 17.9 Å². The molecule has 0 aliphatic heterocycles. The number of anilines is 1. The first-order valence-electron chi connectivity index (χ1n) is 10.7. The topological polar surface area (TPSA) is 145 Å². The summed E-state index contributed by atoms with van der Waals surface area (Å²) in [4.78, 5) is 41.1. The summed E-state index contributed by atoms with van der Waals surface area (Å²) in [7, 11) is 0. The average Bonchev–Trinajstić information content (AvgIpc) is 3.60. The molecule has 3 aromatic heterocycles. The van der Waals surface area contributed by atoms with Crippen LogP contribution in [0.1, 0.15) is 48.2 Å². The van der Waals surface area contributed by atoms with Crippen LogP contribution < -0.4 is 16.8 Å². The predicted octanol–water partition coefficient (Wildman–Crippen LogP) is 3.63. The Bertz CT molecular complexity index is 1380. The smallest absolute Gasteiger partial charge is 0.270 e. The van der Waals surface area contributed by atoms with Crippen LogP contribution in [0.25, 0.3) is 0 Å². The molecule has 0 spiro atoms. The van der Waals surface area contributed by atoms with Crippen molar-refractivity contribution in [1.29, 1.82) is 0 Å². The summed E-state index contributed by atoms with van der Waals surface area (Å²) in [6.45, 7) is 1.89. The van der Waals surface area contributed by atoms with Crippen molar-refractivity contribution in [3.8, 4) is 0 Å². The zero-order valence-corrected chi connectivity index (χ0v) is 20.7. The molecule has 3 amide bonds. The van der Waals surface area contributed by atoms with Crippen LogP contribution in [0, 0.1) is 12.7 Å². The van der Waals surface area contributed by atoms with Crippen molar-refractivity contribution in [3.63, 3.8) is 0 Å². The average molecular weight is 528 g/mol. The molecule has 4 rings (SSSR count). The Labute approximate surface area is 213 Å². The lowest BCUT2D eigenvalue weighted by Crippen LogP contribution is -2.43. The molecule has 0 aliphatic carbocycles. The van der Waals surface area contributed by atoms with Gasteiger partial charge in [0, 0.05) is 11.4 Å². The normalized spacial score (nSPS) is 11.7. The van der Waals surface area contributed by atoms with E-state index in [9.17, 15) is 18.8 Å². The molecule has 1 atom stereocenters.